The minimum atomic E-state index is -2.36. The second-order valence-electron chi connectivity index (χ2n) is 2.52. The number of alkyl halides is 2. The van der Waals surface area contributed by atoms with E-state index in [0.29, 0.717) is 12.8 Å². The number of isocyanates is 1. The topological polar surface area (TPSA) is 29.4 Å². The number of rotatable bonds is 3. The maximum Gasteiger partial charge on any atom is 0.241 e. The highest BCUT2D eigenvalue weighted by Gasteiger charge is 2.45. The zero-order valence-electron chi connectivity index (χ0n) is 5.31. The third-order valence-electron chi connectivity index (χ3n) is 1.64. The van der Waals surface area contributed by atoms with E-state index >= 15 is 0 Å². The number of halogens is 2. The Kier molecular flexibility index (Phi) is 1.81. The molecular weight excluding hydrogens is 140 g/mol. The van der Waals surface area contributed by atoms with Crippen LogP contribution >= 0.6 is 0 Å². The summed E-state index contributed by atoms with van der Waals surface area (Å²) in [5.74, 6) is 0. The van der Waals surface area contributed by atoms with Gasteiger partial charge < -0.3 is 0 Å². The molecule has 0 N–H and O–H groups in total. The van der Waals surface area contributed by atoms with E-state index in [1.807, 2.05) is 0 Å². The highest BCUT2D eigenvalue weighted by atomic mass is 19.3. The molecule has 1 aliphatic rings. The van der Waals surface area contributed by atoms with Crippen molar-refractivity contribution in [2.75, 3.05) is 0 Å². The maximum atomic E-state index is 11.7. The van der Waals surface area contributed by atoms with Crippen LogP contribution in [0.3, 0.4) is 0 Å². The molecule has 2 nitrogen and oxygen atoms in total. The average molecular weight is 147 g/mol. The summed E-state index contributed by atoms with van der Waals surface area (Å²) < 4.78 is 23.4. The molecule has 1 aliphatic carbocycles. The first-order valence-corrected chi connectivity index (χ1v) is 3.06. The van der Waals surface area contributed by atoms with Crippen LogP contribution in [-0.2, 0) is 4.79 Å². The summed E-state index contributed by atoms with van der Waals surface area (Å²) in [5, 5.41) is 0. The molecule has 0 spiro atoms. The Morgan fingerprint density at radius 1 is 1.60 bits per heavy atom. The van der Waals surface area contributed by atoms with Crippen LogP contribution in [0.1, 0.15) is 19.3 Å². The van der Waals surface area contributed by atoms with E-state index in [1.54, 1.807) is 0 Å². The van der Waals surface area contributed by atoms with Gasteiger partial charge in [-0.3, -0.25) is 0 Å². The maximum absolute atomic E-state index is 11.7. The predicted octanol–water partition coefficient (Wildman–Crippen LogP) is 1.51. The fraction of sp³-hybridized carbons (Fsp3) is 0.833. The Morgan fingerprint density at radius 3 is 2.50 bits per heavy atom. The van der Waals surface area contributed by atoms with Gasteiger partial charge in [-0.2, -0.15) is 4.99 Å². The molecule has 1 fully saturated rings. The van der Waals surface area contributed by atoms with Crippen molar-refractivity contribution < 1.29 is 13.6 Å². The van der Waals surface area contributed by atoms with Gasteiger partial charge in [0.05, 0.1) is 5.54 Å². The molecule has 0 aromatic heterocycles. The summed E-state index contributed by atoms with van der Waals surface area (Å²) in [5.41, 5.74) is -0.726. The second kappa shape index (κ2) is 2.46. The summed E-state index contributed by atoms with van der Waals surface area (Å²) in [4.78, 5) is 13.0. The van der Waals surface area contributed by atoms with E-state index in [4.69, 9.17) is 0 Å². The lowest BCUT2D eigenvalue weighted by molar-refractivity contribution is 0.125. The van der Waals surface area contributed by atoms with Gasteiger partial charge in [0.1, 0.15) is 0 Å². The van der Waals surface area contributed by atoms with Gasteiger partial charge in [-0.25, -0.2) is 13.6 Å². The van der Waals surface area contributed by atoms with Crippen LogP contribution in [0.15, 0.2) is 4.99 Å². The molecule has 0 bridgehead atoms. The van der Waals surface area contributed by atoms with Crippen LogP contribution in [0.2, 0.25) is 0 Å². The zero-order chi connectivity index (χ0) is 7.61. The first-order chi connectivity index (χ1) is 4.68. The minimum Gasteiger partial charge on any atom is -0.211 e. The van der Waals surface area contributed by atoms with Crippen molar-refractivity contribution in [3.05, 3.63) is 0 Å². The minimum absolute atomic E-state index is 0.289. The second-order valence-corrected chi connectivity index (χ2v) is 2.52. The Labute approximate surface area is 56.9 Å². The van der Waals surface area contributed by atoms with Crippen LogP contribution in [0.5, 0.6) is 0 Å². The number of aliphatic imine (C=N–C) groups is 1. The molecule has 4 heteroatoms. The molecule has 0 unspecified atom stereocenters. The van der Waals surface area contributed by atoms with Gasteiger partial charge in [0.15, 0.2) is 0 Å². The number of carbonyl (C=O) groups excluding carboxylic acids is 1. The van der Waals surface area contributed by atoms with Crippen molar-refractivity contribution in [3.63, 3.8) is 0 Å². The van der Waals surface area contributed by atoms with Gasteiger partial charge in [0.25, 0.3) is 0 Å². The standard InChI is InChI=1S/C6H7F2NO/c7-5(8)3-6(1-2-6)9-4-10/h5H,1-3H2. The number of hydrogen-bond donors (Lipinski definition) is 0. The molecule has 56 valence electrons. The Balaban J connectivity index is 2.45. The van der Waals surface area contributed by atoms with E-state index in [-0.39, 0.29) is 6.42 Å². The van der Waals surface area contributed by atoms with Gasteiger partial charge in [0.2, 0.25) is 12.5 Å². The molecule has 0 amide bonds. The van der Waals surface area contributed by atoms with E-state index in [1.165, 1.54) is 6.08 Å². The average Bonchev–Trinajstić information content (AvgIpc) is 2.47. The molecule has 0 saturated heterocycles. The third-order valence-corrected chi connectivity index (χ3v) is 1.64. The number of hydrogen-bond acceptors (Lipinski definition) is 2. The molecular formula is C6H7F2NO. The third kappa shape index (κ3) is 1.61. The lowest BCUT2D eigenvalue weighted by atomic mass is 10.2. The fourth-order valence-electron chi connectivity index (χ4n) is 0.890. The molecule has 0 aliphatic heterocycles. The molecule has 0 heterocycles. The predicted molar refractivity (Wildman–Crippen MR) is 30.7 cm³/mol. The van der Waals surface area contributed by atoms with Crippen molar-refractivity contribution in [2.45, 2.75) is 31.2 Å². The van der Waals surface area contributed by atoms with Gasteiger partial charge >= 0.3 is 0 Å². The molecule has 0 radical (unpaired) electrons. The zero-order valence-corrected chi connectivity index (χ0v) is 5.31. The Morgan fingerprint density at radius 2 is 2.20 bits per heavy atom. The van der Waals surface area contributed by atoms with Crippen molar-refractivity contribution in [3.8, 4) is 0 Å². The van der Waals surface area contributed by atoms with Gasteiger partial charge in [-0.1, -0.05) is 0 Å². The fourth-order valence-corrected chi connectivity index (χ4v) is 0.890. The normalized spacial score (nSPS) is 20.3. The van der Waals surface area contributed by atoms with Crippen LogP contribution in [0.4, 0.5) is 8.78 Å². The van der Waals surface area contributed by atoms with Gasteiger partial charge in [-0.05, 0) is 12.8 Å². The quantitative estimate of drug-likeness (QED) is 0.439. The van der Waals surface area contributed by atoms with Crippen LogP contribution in [-0.4, -0.2) is 18.0 Å². The van der Waals surface area contributed by atoms with Gasteiger partial charge in [0, 0.05) is 6.42 Å². The summed E-state index contributed by atoms with van der Waals surface area (Å²) in [6.07, 6.45) is -0.126. The smallest absolute Gasteiger partial charge is 0.211 e. The van der Waals surface area contributed by atoms with E-state index in [2.05, 4.69) is 4.99 Å². The lowest BCUT2D eigenvalue weighted by Gasteiger charge is -2.03. The van der Waals surface area contributed by atoms with Crippen LogP contribution in [0.25, 0.3) is 0 Å². The summed E-state index contributed by atoms with van der Waals surface area (Å²) in [6.45, 7) is 0. The first-order valence-electron chi connectivity index (χ1n) is 3.06. The van der Waals surface area contributed by atoms with Crippen LogP contribution < -0.4 is 0 Å². The van der Waals surface area contributed by atoms with Crippen molar-refractivity contribution in [2.24, 2.45) is 4.99 Å². The Hall–Kier alpha value is -0.760. The monoisotopic (exact) mass is 147 g/mol. The highest BCUT2D eigenvalue weighted by Crippen LogP contribution is 2.44. The van der Waals surface area contributed by atoms with E-state index < -0.39 is 12.0 Å². The molecule has 10 heavy (non-hydrogen) atoms. The molecule has 0 aromatic rings. The molecule has 0 aromatic carbocycles. The van der Waals surface area contributed by atoms with Crippen LogP contribution in [0, 0.1) is 0 Å². The summed E-state index contributed by atoms with van der Waals surface area (Å²) >= 11 is 0. The van der Waals surface area contributed by atoms with E-state index in [9.17, 15) is 13.6 Å². The van der Waals surface area contributed by atoms with Gasteiger partial charge in [-0.15, -0.1) is 0 Å². The first kappa shape index (κ1) is 7.35. The summed E-state index contributed by atoms with van der Waals surface area (Å²) in [6, 6.07) is 0. The van der Waals surface area contributed by atoms with Crippen molar-refractivity contribution in [1.82, 2.24) is 0 Å². The molecule has 1 saturated carbocycles. The largest absolute Gasteiger partial charge is 0.241 e. The molecule has 1 rings (SSSR count). The van der Waals surface area contributed by atoms with Crippen molar-refractivity contribution >= 4 is 6.08 Å². The van der Waals surface area contributed by atoms with Crippen molar-refractivity contribution in [1.29, 1.82) is 0 Å². The number of nitrogens with zero attached hydrogens (tertiary/aromatic N) is 1. The lowest BCUT2D eigenvalue weighted by Crippen LogP contribution is -2.09. The van der Waals surface area contributed by atoms with E-state index in [0.717, 1.165) is 0 Å². The molecule has 0 atom stereocenters. The SMILES string of the molecule is O=C=NC1(CC(F)F)CC1. The Bertz CT molecular complexity index is 171. The highest BCUT2D eigenvalue weighted by molar-refractivity contribution is 5.36. The summed E-state index contributed by atoms with van der Waals surface area (Å²) in [7, 11) is 0.